The number of nitrogens with two attached hydrogens (primary N) is 1. The summed E-state index contributed by atoms with van der Waals surface area (Å²) in [6, 6.07) is 2.85. The van der Waals surface area contributed by atoms with Crippen LogP contribution < -0.4 is 5.73 Å². The smallest absolute Gasteiger partial charge is 0.289 e. The molecular weight excluding hydrogens is 276 g/mol. The number of ether oxygens (including phenoxy) is 2. The minimum atomic E-state index is -0.700. The summed E-state index contributed by atoms with van der Waals surface area (Å²) in [5.41, 5.74) is 4.64. The van der Waals surface area contributed by atoms with Gasteiger partial charge < -0.3 is 24.5 Å². The van der Waals surface area contributed by atoms with Gasteiger partial charge in [-0.05, 0) is 26.0 Å². The van der Waals surface area contributed by atoms with E-state index in [2.05, 4.69) is 0 Å². The molecule has 1 atom stereocenters. The van der Waals surface area contributed by atoms with Gasteiger partial charge in [-0.2, -0.15) is 0 Å². The predicted octanol–water partition coefficient (Wildman–Crippen LogP) is 0.644. The zero-order valence-corrected chi connectivity index (χ0v) is 12.4. The van der Waals surface area contributed by atoms with E-state index in [1.54, 1.807) is 12.0 Å². The van der Waals surface area contributed by atoms with E-state index in [9.17, 15) is 9.59 Å². The van der Waals surface area contributed by atoms with Gasteiger partial charge in [-0.3, -0.25) is 9.59 Å². The first-order chi connectivity index (χ1) is 9.82. The molecule has 0 saturated carbocycles. The maximum Gasteiger partial charge on any atom is 0.289 e. The number of nitrogens with zero attached hydrogens (tertiary/aromatic N) is 1. The van der Waals surface area contributed by atoms with Crippen LogP contribution in [0, 0.1) is 0 Å². The van der Waals surface area contributed by atoms with Crippen LogP contribution in [-0.2, 0) is 9.47 Å². The van der Waals surface area contributed by atoms with Gasteiger partial charge in [0.2, 0.25) is 0 Å². The average Bonchev–Trinajstić information content (AvgIpc) is 2.86. The number of amides is 2. The van der Waals surface area contributed by atoms with E-state index in [1.807, 2.05) is 13.8 Å². The van der Waals surface area contributed by atoms with Crippen LogP contribution in [0.3, 0.4) is 0 Å². The van der Waals surface area contributed by atoms with Crippen molar-refractivity contribution in [2.24, 2.45) is 5.73 Å². The zero-order chi connectivity index (χ0) is 15.6. The molecular formula is C14H20N2O5. The minimum absolute atomic E-state index is 0.0284. The summed E-state index contributed by atoms with van der Waals surface area (Å²) in [4.78, 5) is 25.1. The molecule has 2 N–H and O–H groups in total. The van der Waals surface area contributed by atoms with E-state index >= 15 is 0 Å². The third-order valence-corrected chi connectivity index (χ3v) is 3.18. The van der Waals surface area contributed by atoms with Crippen molar-refractivity contribution in [3.63, 3.8) is 0 Å². The SMILES string of the molecule is COCC1CN(C(=O)c2ccc(C(N)=O)o2)CC(C)(C)O1. The Morgan fingerprint density at radius 2 is 2.10 bits per heavy atom. The lowest BCUT2D eigenvalue weighted by Gasteiger charge is -2.42. The van der Waals surface area contributed by atoms with Crippen LogP contribution in [0.25, 0.3) is 0 Å². The van der Waals surface area contributed by atoms with Gasteiger partial charge >= 0.3 is 0 Å². The first-order valence-electron chi connectivity index (χ1n) is 6.68. The van der Waals surface area contributed by atoms with Gasteiger partial charge in [-0.15, -0.1) is 0 Å². The van der Waals surface area contributed by atoms with Gasteiger partial charge in [-0.1, -0.05) is 0 Å². The third kappa shape index (κ3) is 3.62. The normalized spacial score (nSPS) is 21.3. The lowest BCUT2D eigenvalue weighted by Crippen LogP contribution is -2.55. The maximum absolute atomic E-state index is 12.5. The number of furan rings is 1. The highest BCUT2D eigenvalue weighted by Crippen LogP contribution is 2.23. The van der Waals surface area contributed by atoms with Crippen LogP contribution in [0.15, 0.2) is 16.5 Å². The minimum Gasteiger partial charge on any atom is -0.446 e. The number of primary amides is 1. The second-order valence-electron chi connectivity index (χ2n) is 5.67. The molecule has 1 unspecified atom stereocenters. The van der Waals surface area contributed by atoms with Crippen molar-refractivity contribution in [1.82, 2.24) is 4.90 Å². The van der Waals surface area contributed by atoms with Crippen LogP contribution in [0.2, 0.25) is 0 Å². The number of carbonyl (C=O) groups excluding carboxylic acids is 2. The fraction of sp³-hybridized carbons (Fsp3) is 0.571. The molecule has 1 fully saturated rings. The highest BCUT2D eigenvalue weighted by atomic mass is 16.5. The summed E-state index contributed by atoms with van der Waals surface area (Å²) in [6.07, 6.45) is -0.201. The van der Waals surface area contributed by atoms with E-state index < -0.39 is 11.5 Å². The van der Waals surface area contributed by atoms with Crippen molar-refractivity contribution < 1.29 is 23.5 Å². The average molecular weight is 296 g/mol. The Hall–Kier alpha value is -1.86. The van der Waals surface area contributed by atoms with Crippen molar-refractivity contribution >= 4 is 11.8 Å². The van der Waals surface area contributed by atoms with Crippen molar-refractivity contribution in [3.05, 3.63) is 23.7 Å². The van der Waals surface area contributed by atoms with Crippen molar-refractivity contribution in [1.29, 1.82) is 0 Å². The van der Waals surface area contributed by atoms with E-state index in [0.29, 0.717) is 19.7 Å². The van der Waals surface area contributed by atoms with Crippen molar-refractivity contribution in [3.8, 4) is 0 Å². The lowest BCUT2D eigenvalue weighted by molar-refractivity contribution is -0.143. The van der Waals surface area contributed by atoms with E-state index in [-0.39, 0.29) is 23.5 Å². The number of rotatable bonds is 4. The highest BCUT2D eigenvalue weighted by Gasteiger charge is 2.36. The number of hydrogen-bond donors (Lipinski definition) is 1. The lowest BCUT2D eigenvalue weighted by atomic mass is 10.0. The van der Waals surface area contributed by atoms with Crippen LogP contribution in [-0.4, -0.2) is 55.2 Å². The fourth-order valence-corrected chi connectivity index (χ4v) is 2.46. The molecule has 7 nitrogen and oxygen atoms in total. The molecule has 0 spiro atoms. The molecule has 1 aromatic heterocycles. The summed E-state index contributed by atoms with van der Waals surface area (Å²) < 4.78 is 16.1. The molecule has 0 aliphatic carbocycles. The molecule has 1 aromatic rings. The molecule has 0 bridgehead atoms. The number of hydrogen-bond acceptors (Lipinski definition) is 5. The molecule has 1 aliphatic heterocycles. The Balaban J connectivity index is 2.14. The van der Waals surface area contributed by atoms with E-state index in [1.165, 1.54) is 12.1 Å². The van der Waals surface area contributed by atoms with Crippen LogP contribution in [0.1, 0.15) is 35.0 Å². The van der Waals surface area contributed by atoms with Gasteiger partial charge in [0.1, 0.15) is 0 Å². The largest absolute Gasteiger partial charge is 0.446 e. The number of methoxy groups -OCH3 is 1. The Labute approximate surface area is 123 Å². The number of carbonyl (C=O) groups is 2. The summed E-state index contributed by atoms with van der Waals surface area (Å²) in [5.74, 6) is -0.925. The van der Waals surface area contributed by atoms with Gasteiger partial charge in [-0.25, -0.2) is 0 Å². The zero-order valence-electron chi connectivity index (χ0n) is 12.4. The number of morpholine rings is 1. The Kier molecular flexibility index (Phi) is 4.34. The molecule has 116 valence electrons. The van der Waals surface area contributed by atoms with Gasteiger partial charge in [0.15, 0.2) is 11.5 Å². The third-order valence-electron chi connectivity index (χ3n) is 3.18. The van der Waals surface area contributed by atoms with Crippen molar-refractivity contribution in [2.45, 2.75) is 25.6 Å². The second kappa shape index (κ2) is 5.87. The molecule has 2 amide bonds. The molecule has 1 aliphatic rings. The summed E-state index contributed by atoms with van der Waals surface area (Å²) in [7, 11) is 1.59. The second-order valence-corrected chi connectivity index (χ2v) is 5.67. The quantitative estimate of drug-likeness (QED) is 0.880. The Morgan fingerprint density at radius 3 is 2.67 bits per heavy atom. The van der Waals surface area contributed by atoms with Gasteiger partial charge in [0.25, 0.3) is 11.8 Å². The highest BCUT2D eigenvalue weighted by molar-refractivity contribution is 5.95. The van der Waals surface area contributed by atoms with Crippen LogP contribution >= 0.6 is 0 Å². The predicted molar refractivity (Wildman–Crippen MR) is 74.0 cm³/mol. The summed E-state index contributed by atoms with van der Waals surface area (Å²) in [5, 5.41) is 0. The molecule has 0 radical (unpaired) electrons. The summed E-state index contributed by atoms with van der Waals surface area (Å²) >= 11 is 0. The standard InChI is InChI=1S/C14H20N2O5/c1-14(2)8-16(6-9(21-14)7-19-3)13(18)11-5-4-10(20-11)12(15)17/h4-5,9H,6-8H2,1-3H3,(H2,15,17). The first kappa shape index (κ1) is 15.5. The Bertz CT molecular complexity index is 537. The summed E-state index contributed by atoms with van der Waals surface area (Å²) in [6.45, 7) is 5.05. The first-order valence-corrected chi connectivity index (χ1v) is 6.68. The fourth-order valence-electron chi connectivity index (χ4n) is 2.46. The monoisotopic (exact) mass is 296 g/mol. The van der Waals surface area contributed by atoms with Crippen molar-refractivity contribution in [2.75, 3.05) is 26.8 Å². The maximum atomic E-state index is 12.5. The molecule has 1 saturated heterocycles. The molecule has 21 heavy (non-hydrogen) atoms. The molecule has 2 rings (SSSR count). The van der Waals surface area contributed by atoms with Crippen LogP contribution in [0.4, 0.5) is 0 Å². The van der Waals surface area contributed by atoms with Gasteiger partial charge in [0.05, 0.1) is 18.3 Å². The Morgan fingerprint density at radius 1 is 1.43 bits per heavy atom. The van der Waals surface area contributed by atoms with E-state index in [0.717, 1.165) is 0 Å². The molecule has 0 aromatic carbocycles. The van der Waals surface area contributed by atoms with E-state index in [4.69, 9.17) is 19.6 Å². The van der Waals surface area contributed by atoms with Crippen LogP contribution in [0.5, 0.6) is 0 Å². The van der Waals surface area contributed by atoms with Gasteiger partial charge in [0, 0.05) is 20.2 Å². The molecule has 7 heteroatoms. The topological polar surface area (TPSA) is 95.0 Å². The molecule has 2 heterocycles.